The molecular formula is C11H12BrN3O. The number of aryl methyl sites for hydroxylation is 1. The molecule has 2 rings (SSSR count). The van der Waals surface area contributed by atoms with Gasteiger partial charge < -0.3 is 9.84 Å². The van der Waals surface area contributed by atoms with Crippen LogP contribution in [0.1, 0.15) is 11.4 Å². The minimum Gasteiger partial charge on any atom is -0.334 e. The van der Waals surface area contributed by atoms with Crippen molar-refractivity contribution in [1.82, 2.24) is 15.5 Å². The molecule has 0 spiro atoms. The summed E-state index contributed by atoms with van der Waals surface area (Å²) in [5.41, 5.74) is 2.08. The zero-order chi connectivity index (χ0) is 11.5. The number of nitrogens with one attached hydrogen (secondary N) is 1. The average Bonchev–Trinajstić information content (AvgIpc) is 2.71. The first-order chi connectivity index (χ1) is 7.70. The van der Waals surface area contributed by atoms with Gasteiger partial charge in [0.15, 0.2) is 5.82 Å². The first kappa shape index (κ1) is 11.3. The maximum absolute atomic E-state index is 5.22. The highest BCUT2D eigenvalue weighted by Gasteiger charge is 2.10. The van der Waals surface area contributed by atoms with Crippen LogP contribution in [0.4, 0.5) is 0 Å². The van der Waals surface area contributed by atoms with Crippen LogP contribution in [0.2, 0.25) is 0 Å². The van der Waals surface area contributed by atoms with E-state index in [-0.39, 0.29) is 0 Å². The van der Waals surface area contributed by atoms with E-state index in [1.54, 1.807) is 0 Å². The standard InChI is InChI=1S/C11H12BrN3O/c1-7-3-4-8(12)5-9(7)11-14-10(6-13-2)15-16-11/h3-5,13H,6H2,1-2H3. The van der Waals surface area contributed by atoms with Gasteiger partial charge in [0.25, 0.3) is 5.89 Å². The zero-order valence-electron chi connectivity index (χ0n) is 9.12. The maximum Gasteiger partial charge on any atom is 0.258 e. The van der Waals surface area contributed by atoms with Crippen molar-refractivity contribution in [3.8, 4) is 11.5 Å². The van der Waals surface area contributed by atoms with Crippen LogP contribution in [0.5, 0.6) is 0 Å². The molecule has 0 radical (unpaired) electrons. The number of rotatable bonds is 3. The molecule has 0 unspecified atom stereocenters. The quantitative estimate of drug-likeness (QED) is 0.939. The fraction of sp³-hybridized carbons (Fsp3) is 0.273. The zero-order valence-corrected chi connectivity index (χ0v) is 10.7. The molecule has 0 amide bonds. The van der Waals surface area contributed by atoms with Crippen LogP contribution < -0.4 is 5.32 Å². The van der Waals surface area contributed by atoms with Gasteiger partial charge in [-0.1, -0.05) is 27.2 Å². The Labute approximate surface area is 102 Å². The van der Waals surface area contributed by atoms with Crippen LogP contribution in [0.25, 0.3) is 11.5 Å². The third kappa shape index (κ3) is 2.31. The van der Waals surface area contributed by atoms with Crippen LogP contribution >= 0.6 is 15.9 Å². The van der Waals surface area contributed by atoms with Crippen LogP contribution in [-0.2, 0) is 6.54 Å². The SMILES string of the molecule is CNCc1noc(-c2cc(Br)ccc2C)n1. The summed E-state index contributed by atoms with van der Waals surface area (Å²) < 4.78 is 6.22. The predicted octanol–water partition coefficient (Wildman–Crippen LogP) is 2.53. The summed E-state index contributed by atoms with van der Waals surface area (Å²) in [6.07, 6.45) is 0. The number of hydrogen-bond acceptors (Lipinski definition) is 4. The molecule has 4 nitrogen and oxygen atoms in total. The molecule has 0 aliphatic heterocycles. The topological polar surface area (TPSA) is 51.0 Å². The number of aromatic nitrogens is 2. The minimum absolute atomic E-state index is 0.559. The molecule has 1 heterocycles. The van der Waals surface area contributed by atoms with Crippen LogP contribution in [-0.4, -0.2) is 17.2 Å². The smallest absolute Gasteiger partial charge is 0.258 e. The van der Waals surface area contributed by atoms with Crippen LogP contribution in [0, 0.1) is 6.92 Å². The third-order valence-electron chi connectivity index (χ3n) is 2.23. The van der Waals surface area contributed by atoms with E-state index in [0.717, 1.165) is 15.6 Å². The molecule has 0 aliphatic carbocycles. The second-order valence-electron chi connectivity index (χ2n) is 3.51. The summed E-state index contributed by atoms with van der Waals surface area (Å²) in [7, 11) is 1.85. The molecule has 2 aromatic rings. The van der Waals surface area contributed by atoms with Crippen LogP contribution in [0.15, 0.2) is 27.2 Å². The van der Waals surface area contributed by atoms with Gasteiger partial charge >= 0.3 is 0 Å². The lowest BCUT2D eigenvalue weighted by Gasteiger charge is -2.00. The summed E-state index contributed by atoms with van der Waals surface area (Å²) in [4.78, 5) is 4.31. The Hall–Kier alpha value is -1.20. The lowest BCUT2D eigenvalue weighted by Crippen LogP contribution is -2.06. The molecule has 1 aromatic heterocycles. The Kier molecular flexibility index (Phi) is 3.36. The molecule has 0 saturated carbocycles. The highest BCUT2D eigenvalue weighted by atomic mass is 79.9. The van der Waals surface area contributed by atoms with Crippen molar-refractivity contribution in [2.45, 2.75) is 13.5 Å². The molecule has 0 atom stereocenters. The number of nitrogens with zero attached hydrogens (tertiary/aromatic N) is 2. The Morgan fingerprint density at radius 1 is 1.44 bits per heavy atom. The maximum atomic E-state index is 5.22. The highest BCUT2D eigenvalue weighted by Crippen LogP contribution is 2.25. The van der Waals surface area contributed by atoms with Gasteiger partial charge in [-0.15, -0.1) is 0 Å². The molecule has 0 saturated heterocycles. The molecule has 1 N–H and O–H groups in total. The van der Waals surface area contributed by atoms with E-state index in [0.29, 0.717) is 18.3 Å². The van der Waals surface area contributed by atoms with Crippen molar-refractivity contribution in [2.24, 2.45) is 0 Å². The fourth-order valence-electron chi connectivity index (χ4n) is 1.42. The van der Waals surface area contributed by atoms with Gasteiger partial charge in [-0.05, 0) is 31.7 Å². The van der Waals surface area contributed by atoms with Crippen molar-refractivity contribution in [1.29, 1.82) is 0 Å². The highest BCUT2D eigenvalue weighted by molar-refractivity contribution is 9.10. The van der Waals surface area contributed by atoms with E-state index in [1.165, 1.54) is 0 Å². The summed E-state index contributed by atoms with van der Waals surface area (Å²) in [6.45, 7) is 2.63. The number of benzene rings is 1. The first-order valence-corrected chi connectivity index (χ1v) is 5.73. The predicted molar refractivity (Wildman–Crippen MR) is 64.9 cm³/mol. The summed E-state index contributed by atoms with van der Waals surface area (Å²) >= 11 is 3.43. The van der Waals surface area contributed by atoms with Gasteiger partial charge in [-0.25, -0.2) is 0 Å². The summed E-state index contributed by atoms with van der Waals surface area (Å²) in [5.74, 6) is 1.22. The van der Waals surface area contributed by atoms with Gasteiger partial charge in [0, 0.05) is 10.0 Å². The largest absolute Gasteiger partial charge is 0.334 e. The lowest BCUT2D eigenvalue weighted by molar-refractivity contribution is 0.420. The summed E-state index contributed by atoms with van der Waals surface area (Å²) in [5, 5.41) is 6.87. The monoisotopic (exact) mass is 281 g/mol. The van der Waals surface area contributed by atoms with Gasteiger partial charge in [0.1, 0.15) is 0 Å². The van der Waals surface area contributed by atoms with Crippen LogP contribution in [0.3, 0.4) is 0 Å². The molecule has 16 heavy (non-hydrogen) atoms. The van der Waals surface area contributed by atoms with E-state index in [9.17, 15) is 0 Å². The van der Waals surface area contributed by atoms with E-state index >= 15 is 0 Å². The molecule has 84 valence electrons. The Balaban J connectivity index is 2.38. The molecule has 0 fully saturated rings. The molecule has 0 bridgehead atoms. The Bertz CT molecular complexity index is 496. The second-order valence-corrected chi connectivity index (χ2v) is 4.42. The molecule has 0 aliphatic rings. The Morgan fingerprint density at radius 2 is 2.25 bits per heavy atom. The molecule has 5 heteroatoms. The van der Waals surface area contributed by atoms with Crippen molar-refractivity contribution < 1.29 is 4.52 Å². The summed E-state index contributed by atoms with van der Waals surface area (Å²) in [6, 6.07) is 5.98. The average molecular weight is 282 g/mol. The van der Waals surface area contributed by atoms with Crippen molar-refractivity contribution in [2.75, 3.05) is 7.05 Å². The van der Waals surface area contributed by atoms with Gasteiger partial charge in [-0.3, -0.25) is 0 Å². The van der Waals surface area contributed by atoms with Crippen molar-refractivity contribution in [3.05, 3.63) is 34.1 Å². The normalized spacial score (nSPS) is 10.7. The van der Waals surface area contributed by atoms with Crippen molar-refractivity contribution >= 4 is 15.9 Å². The van der Waals surface area contributed by atoms with Gasteiger partial charge in [0.2, 0.25) is 0 Å². The minimum atomic E-state index is 0.559. The Morgan fingerprint density at radius 3 is 3.00 bits per heavy atom. The molecule has 1 aromatic carbocycles. The van der Waals surface area contributed by atoms with E-state index < -0.39 is 0 Å². The fourth-order valence-corrected chi connectivity index (χ4v) is 1.78. The van der Waals surface area contributed by atoms with Crippen molar-refractivity contribution in [3.63, 3.8) is 0 Å². The van der Waals surface area contributed by atoms with E-state index in [2.05, 4.69) is 31.4 Å². The lowest BCUT2D eigenvalue weighted by atomic mass is 10.1. The first-order valence-electron chi connectivity index (χ1n) is 4.94. The molecular weight excluding hydrogens is 270 g/mol. The van der Waals surface area contributed by atoms with Gasteiger partial charge in [0.05, 0.1) is 6.54 Å². The number of halogens is 1. The van der Waals surface area contributed by atoms with E-state index in [4.69, 9.17) is 4.52 Å². The van der Waals surface area contributed by atoms with Gasteiger partial charge in [-0.2, -0.15) is 4.98 Å². The number of hydrogen-bond donors (Lipinski definition) is 1. The van der Waals surface area contributed by atoms with E-state index in [1.807, 2.05) is 32.2 Å². The third-order valence-corrected chi connectivity index (χ3v) is 2.73. The second kappa shape index (κ2) is 4.76.